The minimum absolute atomic E-state index is 0.151. The maximum atomic E-state index is 6.51. The van der Waals surface area contributed by atoms with E-state index in [9.17, 15) is 0 Å². The molecule has 0 amide bonds. The molecule has 0 saturated carbocycles. The van der Waals surface area contributed by atoms with Gasteiger partial charge >= 0.3 is 0 Å². The van der Waals surface area contributed by atoms with Crippen LogP contribution in [-0.4, -0.2) is 9.97 Å². The van der Waals surface area contributed by atoms with E-state index in [1.165, 1.54) is 38.9 Å². The second-order valence-corrected chi connectivity index (χ2v) is 16.2. The van der Waals surface area contributed by atoms with Crippen molar-refractivity contribution < 1.29 is 8.83 Å². The van der Waals surface area contributed by atoms with Crippen molar-refractivity contribution in [1.82, 2.24) is 9.97 Å². The van der Waals surface area contributed by atoms with Crippen LogP contribution in [0.5, 0.6) is 0 Å². The third kappa shape index (κ3) is 5.37. The molecular weight excluding hydrogens is 721 g/mol. The van der Waals surface area contributed by atoms with E-state index in [0.29, 0.717) is 11.8 Å². The van der Waals surface area contributed by atoms with Gasteiger partial charge in [0.05, 0.1) is 0 Å². The van der Waals surface area contributed by atoms with E-state index in [4.69, 9.17) is 18.8 Å². The van der Waals surface area contributed by atoms with E-state index in [2.05, 4.69) is 159 Å². The summed E-state index contributed by atoms with van der Waals surface area (Å²) in [6, 6.07) is 64.6. The van der Waals surface area contributed by atoms with Crippen molar-refractivity contribution in [3.63, 3.8) is 0 Å². The van der Waals surface area contributed by atoms with Gasteiger partial charge in [-0.05, 0) is 115 Å². The van der Waals surface area contributed by atoms with Crippen molar-refractivity contribution >= 4 is 43.7 Å². The largest absolute Gasteiger partial charge is 0.436 e. The molecule has 0 saturated heterocycles. The first-order valence-electron chi connectivity index (χ1n) is 20.1. The molecule has 2 heterocycles. The molecule has 0 bridgehead atoms. The Balaban J connectivity index is 0.980. The topological polar surface area (TPSA) is 52.1 Å². The van der Waals surface area contributed by atoms with Crippen LogP contribution in [0.2, 0.25) is 0 Å². The van der Waals surface area contributed by atoms with Crippen molar-refractivity contribution in [1.29, 1.82) is 0 Å². The number of hydrogen-bond acceptors (Lipinski definition) is 4. The first kappa shape index (κ1) is 33.6. The summed E-state index contributed by atoms with van der Waals surface area (Å²) >= 11 is 0. The summed E-state index contributed by atoms with van der Waals surface area (Å²) in [5, 5.41) is 4.38. The van der Waals surface area contributed by atoms with E-state index in [1.54, 1.807) is 0 Å². The highest BCUT2D eigenvalue weighted by molar-refractivity contribution is 6.05. The minimum Gasteiger partial charge on any atom is -0.436 e. The highest BCUT2D eigenvalue weighted by Crippen LogP contribution is 2.51. The molecule has 1 aliphatic rings. The van der Waals surface area contributed by atoms with Gasteiger partial charge in [-0.2, -0.15) is 0 Å². The molecule has 0 aliphatic heterocycles. The molecule has 59 heavy (non-hydrogen) atoms. The lowest BCUT2D eigenvalue weighted by Crippen LogP contribution is -2.15. The molecular formula is C55H36N2O2. The zero-order valence-electron chi connectivity index (χ0n) is 32.5. The highest BCUT2D eigenvalue weighted by atomic mass is 16.4. The Hall–Kier alpha value is -7.56. The lowest BCUT2D eigenvalue weighted by molar-refractivity contribution is 0.617. The molecule has 2 aromatic heterocycles. The molecule has 0 spiro atoms. The Morgan fingerprint density at radius 2 is 0.797 bits per heavy atom. The molecule has 12 rings (SSSR count). The molecule has 0 radical (unpaired) electrons. The summed E-state index contributed by atoms with van der Waals surface area (Å²) in [6.07, 6.45) is 0. The average molecular weight is 757 g/mol. The molecule has 0 N–H and O–H groups in total. The standard InChI is InChI=1S/C55H36N2O2/c1-55(2)47-31-38(33-11-4-3-5-12-33)19-23-45(47)46-24-20-39(32-48(46)55)36-15-10-16-37(27-36)40-28-41(53-56-51-43-17-8-6-13-34(43)21-25-49(51)58-53)30-42(29-40)54-57-52-44-18-9-7-14-35(44)22-26-50(52)59-54/h3-32H,1-2H3. The van der Waals surface area contributed by atoms with Gasteiger partial charge in [-0.1, -0.05) is 147 Å². The van der Waals surface area contributed by atoms with Gasteiger partial charge in [0, 0.05) is 27.3 Å². The molecule has 0 unspecified atom stereocenters. The number of hydrogen-bond donors (Lipinski definition) is 0. The molecule has 9 aromatic carbocycles. The molecule has 0 fully saturated rings. The summed E-state index contributed by atoms with van der Waals surface area (Å²) in [5.41, 5.74) is 17.0. The van der Waals surface area contributed by atoms with E-state index < -0.39 is 0 Å². The van der Waals surface area contributed by atoms with Gasteiger partial charge in [0.25, 0.3) is 0 Å². The van der Waals surface area contributed by atoms with Gasteiger partial charge < -0.3 is 8.83 Å². The van der Waals surface area contributed by atoms with Crippen molar-refractivity contribution in [2.24, 2.45) is 0 Å². The molecule has 0 atom stereocenters. The number of aromatic nitrogens is 2. The monoisotopic (exact) mass is 756 g/mol. The number of fused-ring (bicyclic) bond motifs is 9. The van der Waals surface area contributed by atoms with E-state index in [1.807, 2.05) is 36.4 Å². The maximum Gasteiger partial charge on any atom is 0.227 e. The van der Waals surface area contributed by atoms with Gasteiger partial charge in [0.2, 0.25) is 11.8 Å². The number of oxazole rings is 2. The molecule has 278 valence electrons. The Morgan fingerprint density at radius 3 is 1.37 bits per heavy atom. The highest BCUT2D eigenvalue weighted by Gasteiger charge is 2.36. The number of nitrogens with zero attached hydrogens (tertiary/aromatic N) is 2. The van der Waals surface area contributed by atoms with E-state index in [0.717, 1.165) is 71.6 Å². The predicted octanol–water partition coefficient (Wildman–Crippen LogP) is 14.9. The fraction of sp³-hybridized carbons (Fsp3) is 0.0545. The van der Waals surface area contributed by atoms with Crippen LogP contribution in [0.1, 0.15) is 25.0 Å². The first-order chi connectivity index (χ1) is 28.9. The van der Waals surface area contributed by atoms with Crippen molar-refractivity contribution in [3.05, 3.63) is 193 Å². The smallest absolute Gasteiger partial charge is 0.227 e. The molecule has 1 aliphatic carbocycles. The third-order valence-corrected chi connectivity index (χ3v) is 12.3. The van der Waals surface area contributed by atoms with Crippen LogP contribution < -0.4 is 0 Å². The first-order valence-corrected chi connectivity index (χ1v) is 20.1. The van der Waals surface area contributed by atoms with Gasteiger partial charge in [0.15, 0.2) is 11.2 Å². The summed E-state index contributed by atoms with van der Waals surface area (Å²) in [4.78, 5) is 10.2. The van der Waals surface area contributed by atoms with Gasteiger partial charge in [-0.25, -0.2) is 9.97 Å². The quantitative estimate of drug-likeness (QED) is 0.175. The van der Waals surface area contributed by atoms with Gasteiger partial charge in [0.1, 0.15) is 11.0 Å². The van der Waals surface area contributed by atoms with Crippen molar-refractivity contribution in [3.8, 4) is 67.4 Å². The minimum atomic E-state index is -0.151. The van der Waals surface area contributed by atoms with Crippen LogP contribution in [0.4, 0.5) is 0 Å². The Morgan fingerprint density at radius 1 is 0.356 bits per heavy atom. The van der Waals surface area contributed by atoms with E-state index >= 15 is 0 Å². The fourth-order valence-corrected chi connectivity index (χ4v) is 9.22. The zero-order valence-corrected chi connectivity index (χ0v) is 32.5. The number of rotatable bonds is 5. The fourth-order valence-electron chi connectivity index (χ4n) is 9.22. The Bertz CT molecular complexity index is 3350. The molecule has 4 heteroatoms. The van der Waals surface area contributed by atoms with Crippen LogP contribution >= 0.6 is 0 Å². The molecule has 11 aromatic rings. The predicted molar refractivity (Wildman–Crippen MR) is 241 cm³/mol. The van der Waals surface area contributed by atoms with Crippen LogP contribution in [0, 0.1) is 0 Å². The van der Waals surface area contributed by atoms with Gasteiger partial charge in [-0.3, -0.25) is 0 Å². The molecule has 4 nitrogen and oxygen atoms in total. The Labute approximate surface area is 341 Å². The maximum absolute atomic E-state index is 6.51. The van der Waals surface area contributed by atoms with Crippen molar-refractivity contribution in [2.75, 3.05) is 0 Å². The summed E-state index contributed by atoms with van der Waals surface area (Å²) in [5.74, 6) is 1.10. The average Bonchev–Trinajstić information content (AvgIpc) is 4.00. The van der Waals surface area contributed by atoms with Crippen molar-refractivity contribution in [2.45, 2.75) is 19.3 Å². The third-order valence-electron chi connectivity index (χ3n) is 12.3. The lowest BCUT2D eigenvalue weighted by atomic mass is 9.80. The summed E-state index contributed by atoms with van der Waals surface area (Å²) in [7, 11) is 0. The van der Waals surface area contributed by atoms with Crippen LogP contribution in [-0.2, 0) is 5.41 Å². The normalized spacial score (nSPS) is 13.1. The second-order valence-electron chi connectivity index (χ2n) is 16.2. The summed E-state index contributed by atoms with van der Waals surface area (Å²) < 4.78 is 13.0. The summed E-state index contributed by atoms with van der Waals surface area (Å²) in [6.45, 7) is 4.70. The SMILES string of the molecule is CC1(C)c2cc(-c3ccccc3)ccc2-c2ccc(-c3cccc(-c4cc(-c5nc6c(ccc7ccccc76)o5)cc(-c5nc6c(ccc7ccccc76)o5)c4)c3)cc21. The zero-order chi connectivity index (χ0) is 39.2. The Kier molecular flexibility index (Phi) is 7.24. The van der Waals surface area contributed by atoms with E-state index in [-0.39, 0.29) is 5.41 Å². The van der Waals surface area contributed by atoms with Crippen LogP contribution in [0.3, 0.4) is 0 Å². The van der Waals surface area contributed by atoms with Gasteiger partial charge in [-0.15, -0.1) is 0 Å². The van der Waals surface area contributed by atoms with Crippen LogP contribution in [0.15, 0.2) is 191 Å². The number of benzene rings is 9. The second kappa shape index (κ2) is 12.7. The van der Waals surface area contributed by atoms with Crippen LogP contribution in [0.25, 0.3) is 111 Å². The lowest BCUT2D eigenvalue weighted by Gasteiger charge is -2.22.